The van der Waals surface area contributed by atoms with E-state index in [1.165, 1.54) is 0 Å². The maximum atomic E-state index is 9.88. The normalized spacial score (nSPS) is 13.6. The summed E-state index contributed by atoms with van der Waals surface area (Å²) in [6.45, 7) is 11.4. The van der Waals surface area contributed by atoms with Gasteiger partial charge in [-0.1, -0.05) is 34.6 Å². The Balaban J connectivity index is 3.08. The molecule has 120 valence electrons. The first-order valence-corrected chi connectivity index (χ1v) is 7.42. The fourth-order valence-corrected chi connectivity index (χ4v) is 1.95. The minimum Gasteiger partial charge on any atom is -0.389 e. The highest BCUT2D eigenvalue weighted by molar-refractivity contribution is 5.41. The number of hydrogen-bond donors (Lipinski definition) is 1. The zero-order chi connectivity index (χ0) is 16.2. The Labute approximate surface area is 128 Å². The molecule has 0 bridgehead atoms. The highest BCUT2D eigenvalue weighted by atomic mass is 16.5. The average molecular weight is 295 g/mol. The predicted molar refractivity (Wildman–Crippen MR) is 86.0 cm³/mol. The van der Waals surface area contributed by atoms with E-state index in [-0.39, 0.29) is 11.3 Å². The Kier molecular flexibility index (Phi) is 6.10. The molecule has 0 spiro atoms. The zero-order valence-electron chi connectivity index (χ0n) is 14.3. The van der Waals surface area contributed by atoms with E-state index in [9.17, 15) is 5.11 Å². The van der Waals surface area contributed by atoms with Crippen LogP contribution < -0.4 is 4.90 Å². The molecule has 0 aromatic carbocycles. The largest absolute Gasteiger partial charge is 0.389 e. The van der Waals surface area contributed by atoms with Crippen molar-refractivity contribution < 1.29 is 9.84 Å². The third-order valence-electron chi connectivity index (χ3n) is 3.25. The Morgan fingerprint density at radius 3 is 2.38 bits per heavy atom. The van der Waals surface area contributed by atoms with E-state index in [4.69, 9.17) is 4.74 Å². The van der Waals surface area contributed by atoms with Gasteiger partial charge in [0.2, 0.25) is 0 Å². The van der Waals surface area contributed by atoms with Crippen LogP contribution in [0.5, 0.6) is 0 Å². The second kappa shape index (κ2) is 7.18. The van der Waals surface area contributed by atoms with Gasteiger partial charge in [-0.15, -0.1) is 0 Å². The number of nitrogens with zero attached hydrogens (tertiary/aromatic N) is 3. The number of hydrogen-bond acceptors (Lipinski definition) is 5. The van der Waals surface area contributed by atoms with Crippen molar-refractivity contribution in [2.45, 2.75) is 52.1 Å². The van der Waals surface area contributed by atoms with Crippen LogP contribution in [-0.4, -0.2) is 48.5 Å². The van der Waals surface area contributed by atoms with Gasteiger partial charge in [0.05, 0.1) is 18.4 Å². The van der Waals surface area contributed by atoms with Crippen LogP contribution in [0.15, 0.2) is 6.07 Å². The van der Waals surface area contributed by atoms with E-state index in [1.807, 2.05) is 18.0 Å². The first kappa shape index (κ1) is 17.9. The summed E-state index contributed by atoms with van der Waals surface area (Å²) in [5.41, 5.74) is 0.983. The van der Waals surface area contributed by atoms with Crippen LogP contribution in [0.25, 0.3) is 0 Å². The summed E-state index contributed by atoms with van der Waals surface area (Å²) < 4.78 is 4.97. The molecule has 1 atom stereocenters. The molecule has 1 heterocycles. The van der Waals surface area contributed by atoms with Gasteiger partial charge in [-0.25, -0.2) is 9.97 Å². The van der Waals surface area contributed by atoms with Crippen molar-refractivity contribution in [3.05, 3.63) is 17.6 Å². The van der Waals surface area contributed by atoms with Gasteiger partial charge in [0.15, 0.2) is 0 Å². The van der Waals surface area contributed by atoms with E-state index in [0.717, 1.165) is 17.3 Å². The van der Waals surface area contributed by atoms with Crippen LogP contribution >= 0.6 is 0 Å². The van der Waals surface area contributed by atoms with Crippen molar-refractivity contribution in [1.29, 1.82) is 0 Å². The number of rotatable bonds is 6. The Morgan fingerprint density at radius 2 is 1.90 bits per heavy atom. The molecule has 1 N–H and O–H groups in total. The van der Waals surface area contributed by atoms with Crippen molar-refractivity contribution in [3.63, 3.8) is 0 Å². The molecule has 0 aliphatic carbocycles. The molecular weight excluding hydrogens is 266 g/mol. The van der Waals surface area contributed by atoms with Gasteiger partial charge >= 0.3 is 0 Å². The fraction of sp³-hybridized carbons (Fsp3) is 0.750. The molecule has 0 amide bonds. The van der Waals surface area contributed by atoms with Crippen LogP contribution in [0.2, 0.25) is 0 Å². The molecule has 0 aliphatic rings. The number of aliphatic hydroxyl groups excluding tert-OH is 1. The van der Waals surface area contributed by atoms with Gasteiger partial charge in [0, 0.05) is 38.1 Å². The molecule has 0 aliphatic heterocycles. The summed E-state index contributed by atoms with van der Waals surface area (Å²) >= 11 is 0. The number of ether oxygens (including phenoxy) is 1. The monoisotopic (exact) mass is 295 g/mol. The lowest BCUT2D eigenvalue weighted by atomic mass is 9.91. The van der Waals surface area contributed by atoms with Crippen LogP contribution in [0.4, 0.5) is 5.82 Å². The summed E-state index contributed by atoms with van der Waals surface area (Å²) in [6.07, 6.45) is -0.532. The molecule has 5 nitrogen and oxygen atoms in total. The molecule has 0 saturated heterocycles. The Hall–Kier alpha value is -1.20. The summed E-state index contributed by atoms with van der Waals surface area (Å²) in [5, 5.41) is 9.88. The Morgan fingerprint density at radius 1 is 1.29 bits per heavy atom. The maximum absolute atomic E-state index is 9.88. The predicted octanol–water partition coefficient (Wildman–Crippen LogP) is 2.34. The molecule has 1 aromatic heterocycles. The molecule has 21 heavy (non-hydrogen) atoms. The average Bonchev–Trinajstić information content (AvgIpc) is 2.37. The molecular formula is C16H29N3O2. The molecule has 1 rings (SSSR count). The molecule has 0 saturated carbocycles. The molecule has 5 heteroatoms. The third-order valence-corrected chi connectivity index (χ3v) is 3.25. The quantitative estimate of drug-likeness (QED) is 0.873. The SMILES string of the molecule is COCC(O)CN(C)c1cc(C(C)(C)C)nc(C(C)C)n1. The Bertz CT molecular complexity index is 455. The fourth-order valence-electron chi connectivity index (χ4n) is 1.95. The zero-order valence-corrected chi connectivity index (χ0v) is 14.3. The minimum atomic E-state index is -0.532. The lowest BCUT2D eigenvalue weighted by Crippen LogP contribution is -2.33. The number of aromatic nitrogens is 2. The number of aliphatic hydroxyl groups is 1. The lowest BCUT2D eigenvalue weighted by Gasteiger charge is -2.25. The van der Waals surface area contributed by atoms with Crippen molar-refractivity contribution in [2.75, 3.05) is 32.2 Å². The third kappa shape index (κ3) is 5.25. The molecule has 0 radical (unpaired) electrons. The highest BCUT2D eigenvalue weighted by Crippen LogP contribution is 2.25. The molecule has 1 unspecified atom stereocenters. The van der Waals surface area contributed by atoms with Gasteiger partial charge in [-0.05, 0) is 0 Å². The van der Waals surface area contributed by atoms with E-state index in [2.05, 4.69) is 44.6 Å². The molecule has 0 fully saturated rings. The topological polar surface area (TPSA) is 58.5 Å². The number of likely N-dealkylation sites (N-methyl/N-ethyl adjacent to an activating group) is 1. The second-order valence-electron chi connectivity index (χ2n) is 6.86. The summed E-state index contributed by atoms with van der Waals surface area (Å²) in [5.74, 6) is 1.95. The number of anilines is 1. The van der Waals surface area contributed by atoms with Crippen LogP contribution in [0.3, 0.4) is 0 Å². The van der Waals surface area contributed by atoms with Crippen molar-refractivity contribution in [1.82, 2.24) is 9.97 Å². The van der Waals surface area contributed by atoms with Gasteiger partial charge in [0.25, 0.3) is 0 Å². The number of methoxy groups -OCH3 is 1. The van der Waals surface area contributed by atoms with E-state index in [1.54, 1.807) is 7.11 Å². The van der Waals surface area contributed by atoms with Crippen molar-refractivity contribution >= 4 is 5.82 Å². The minimum absolute atomic E-state index is 0.0344. The van der Waals surface area contributed by atoms with Crippen LogP contribution in [0, 0.1) is 0 Å². The van der Waals surface area contributed by atoms with E-state index >= 15 is 0 Å². The summed E-state index contributed by atoms with van der Waals surface area (Å²) in [4.78, 5) is 11.3. The van der Waals surface area contributed by atoms with Crippen LogP contribution in [0.1, 0.15) is 52.1 Å². The van der Waals surface area contributed by atoms with Crippen molar-refractivity contribution in [3.8, 4) is 0 Å². The van der Waals surface area contributed by atoms with E-state index < -0.39 is 6.10 Å². The first-order valence-electron chi connectivity index (χ1n) is 7.42. The van der Waals surface area contributed by atoms with E-state index in [0.29, 0.717) is 13.2 Å². The van der Waals surface area contributed by atoms with Gasteiger partial charge < -0.3 is 14.7 Å². The lowest BCUT2D eigenvalue weighted by molar-refractivity contribution is 0.0694. The van der Waals surface area contributed by atoms with Gasteiger partial charge in [-0.3, -0.25) is 0 Å². The summed E-state index contributed by atoms with van der Waals surface area (Å²) in [7, 11) is 3.51. The standard InChI is InChI=1S/C16H29N3O2/c1-11(2)15-17-13(16(3,4)5)8-14(18-15)19(6)9-12(20)10-21-7/h8,11-12,20H,9-10H2,1-7H3. The smallest absolute Gasteiger partial charge is 0.133 e. The van der Waals surface area contributed by atoms with Gasteiger partial charge in [-0.2, -0.15) is 0 Å². The maximum Gasteiger partial charge on any atom is 0.133 e. The second-order valence-corrected chi connectivity index (χ2v) is 6.86. The first-order chi connectivity index (χ1) is 9.65. The van der Waals surface area contributed by atoms with Crippen LogP contribution in [-0.2, 0) is 10.2 Å². The summed E-state index contributed by atoms with van der Waals surface area (Å²) in [6, 6.07) is 2.01. The van der Waals surface area contributed by atoms with Crippen molar-refractivity contribution in [2.24, 2.45) is 0 Å². The highest BCUT2D eigenvalue weighted by Gasteiger charge is 2.20. The molecule has 1 aromatic rings. The van der Waals surface area contributed by atoms with Gasteiger partial charge in [0.1, 0.15) is 11.6 Å².